The predicted octanol–water partition coefficient (Wildman–Crippen LogP) is 4.36. The van der Waals surface area contributed by atoms with Crippen molar-refractivity contribution >= 4 is 5.91 Å². The van der Waals surface area contributed by atoms with Crippen LogP contribution in [-0.2, 0) is 0 Å². The third-order valence-electron chi connectivity index (χ3n) is 7.56. The molecular formula is C28H33FN4O2. The van der Waals surface area contributed by atoms with Gasteiger partial charge >= 0.3 is 0 Å². The highest BCUT2D eigenvalue weighted by molar-refractivity contribution is 5.92. The Hall–Kier alpha value is -3.03. The molecule has 1 amide bonds. The number of carbonyl (C=O) groups excluding carboxylic acids is 1. The number of aliphatic hydroxyl groups is 1. The van der Waals surface area contributed by atoms with Gasteiger partial charge in [-0.3, -0.25) is 9.69 Å². The summed E-state index contributed by atoms with van der Waals surface area (Å²) in [5, 5.41) is 10.0. The van der Waals surface area contributed by atoms with Crippen LogP contribution in [0.3, 0.4) is 0 Å². The Kier molecular flexibility index (Phi) is 6.97. The third-order valence-corrected chi connectivity index (χ3v) is 7.56. The summed E-state index contributed by atoms with van der Waals surface area (Å²) in [4.78, 5) is 22.2. The number of aromatic nitrogens is 2. The largest absolute Gasteiger partial charge is 0.392 e. The van der Waals surface area contributed by atoms with Gasteiger partial charge in [-0.05, 0) is 68.0 Å². The van der Waals surface area contributed by atoms with Crippen molar-refractivity contribution in [2.45, 2.75) is 50.8 Å². The minimum absolute atomic E-state index is 0.00532. The maximum absolute atomic E-state index is 13.5. The highest BCUT2D eigenvalue weighted by atomic mass is 19.1. The van der Waals surface area contributed by atoms with E-state index in [4.69, 9.17) is 0 Å². The molecule has 0 spiro atoms. The molecule has 1 unspecified atom stereocenters. The summed E-state index contributed by atoms with van der Waals surface area (Å²) >= 11 is 0. The maximum atomic E-state index is 13.5. The number of hydrogen-bond acceptors (Lipinski definition) is 4. The minimum atomic E-state index is -0.262. The molecule has 3 heterocycles. The van der Waals surface area contributed by atoms with Gasteiger partial charge in [0, 0.05) is 25.7 Å². The lowest BCUT2D eigenvalue weighted by Crippen LogP contribution is -2.50. The third kappa shape index (κ3) is 5.02. The van der Waals surface area contributed by atoms with Crippen LogP contribution >= 0.6 is 0 Å². The zero-order valence-corrected chi connectivity index (χ0v) is 20.2. The number of amides is 1. The van der Waals surface area contributed by atoms with Gasteiger partial charge in [-0.1, -0.05) is 36.4 Å². The lowest BCUT2D eigenvalue weighted by atomic mass is 9.95. The van der Waals surface area contributed by atoms with Crippen LogP contribution in [0.4, 0.5) is 4.39 Å². The number of nitrogens with zero attached hydrogens (tertiary/aromatic N) is 4. The van der Waals surface area contributed by atoms with Crippen molar-refractivity contribution < 1.29 is 14.3 Å². The van der Waals surface area contributed by atoms with Crippen molar-refractivity contribution in [2.75, 3.05) is 26.2 Å². The van der Waals surface area contributed by atoms with Crippen molar-refractivity contribution in [3.63, 3.8) is 0 Å². The summed E-state index contributed by atoms with van der Waals surface area (Å²) in [6.07, 6.45) is 6.94. The van der Waals surface area contributed by atoms with Crippen molar-refractivity contribution in [2.24, 2.45) is 0 Å². The number of imidazole rings is 1. The van der Waals surface area contributed by atoms with E-state index in [9.17, 15) is 14.3 Å². The molecule has 1 N–H and O–H groups in total. The van der Waals surface area contributed by atoms with Crippen molar-refractivity contribution in [3.8, 4) is 11.1 Å². The monoisotopic (exact) mass is 476 g/mol. The van der Waals surface area contributed by atoms with Gasteiger partial charge in [-0.2, -0.15) is 0 Å². The number of benzene rings is 2. The fraction of sp³-hybridized carbons (Fsp3) is 0.429. The van der Waals surface area contributed by atoms with E-state index in [0.717, 1.165) is 55.5 Å². The van der Waals surface area contributed by atoms with E-state index in [2.05, 4.69) is 22.9 Å². The molecule has 0 radical (unpaired) electrons. The van der Waals surface area contributed by atoms with Crippen LogP contribution < -0.4 is 0 Å². The van der Waals surface area contributed by atoms with Crippen molar-refractivity contribution in [3.05, 3.63) is 78.1 Å². The molecule has 6 nitrogen and oxygen atoms in total. The number of halogens is 1. The van der Waals surface area contributed by atoms with Crippen LogP contribution in [0.2, 0.25) is 0 Å². The van der Waals surface area contributed by atoms with E-state index in [1.807, 2.05) is 27.7 Å². The summed E-state index contributed by atoms with van der Waals surface area (Å²) < 4.78 is 15.4. The smallest absolute Gasteiger partial charge is 0.272 e. The maximum Gasteiger partial charge on any atom is 0.272 e. The first-order chi connectivity index (χ1) is 17.0. The summed E-state index contributed by atoms with van der Waals surface area (Å²) in [7, 11) is 0. The Morgan fingerprint density at radius 1 is 1.06 bits per heavy atom. The van der Waals surface area contributed by atoms with Crippen LogP contribution in [-0.4, -0.2) is 68.7 Å². The number of rotatable bonds is 5. The van der Waals surface area contributed by atoms with Crippen molar-refractivity contribution in [1.82, 2.24) is 19.4 Å². The molecule has 2 aliphatic rings. The molecule has 2 atom stereocenters. The van der Waals surface area contributed by atoms with E-state index in [1.165, 1.54) is 12.1 Å². The summed E-state index contributed by atoms with van der Waals surface area (Å²) in [6.45, 7) is 5.27. The lowest BCUT2D eigenvalue weighted by Gasteiger charge is -2.41. The zero-order chi connectivity index (χ0) is 24.4. The van der Waals surface area contributed by atoms with Crippen LogP contribution in [0.15, 0.2) is 61.1 Å². The van der Waals surface area contributed by atoms with Gasteiger partial charge < -0.3 is 14.6 Å². The first kappa shape index (κ1) is 23.7. The van der Waals surface area contributed by atoms with Crippen molar-refractivity contribution in [1.29, 1.82) is 0 Å². The van der Waals surface area contributed by atoms with Gasteiger partial charge in [0.05, 0.1) is 24.7 Å². The molecule has 0 saturated carbocycles. The average molecular weight is 477 g/mol. The van der Waals surface area contributed by atoms with Gasteiger partial charge in [-0.15, -0.1) is 0 Å². The number of piperidine rings is 2. The van der Waals surface area contributed by atoms with Crippen LogP contribution in [0, 0.1) is 5.82 Å². The molecule has 0 aliphatic carbocycles. The molecule has 2 fully saturated rings. The fourth-order valence-electron chi connectivity index (χ4n) is 5.59. The van der Waals surface area contributed by atoms with E-state index < -0.39 is 0 Å². The Labute approximate surface area is 206 Å². The fourth-order valence-corrected chi connectivity index (χ4v) is 5.59. The zero-order valence-electron chi connectivity index (χ0n) is 20.2. The minimum Gasteiger partial charge on any atom is -0.392 e. The molecule has 35 heavy (non-hydrogen) atoms. The predicted molar refractivity (Wildman–Crippen MR) is 134 cm³/mol. The number of carbonyl (C=O) groups is 1. The molecular weight excluding hydrogens is 443 g/mol. The molecule has 1 aromatic heterocycles. The molecule has 5 rings (SSSR count). The SMILES string of the molecule is C[C@@H](c1ccccc1-c1ccc(F)cc1)n1cncc1C(=O)N1CCC(N2CCCC(O)C2)CC1. The van der Waals surface area contributed by atoms with Crippen LogP contribution in [0.5, 0.6) is 0 Å². The molecule has 2 aliphatic heterocycles. The lowest BCUT2D eigenvalue weighted by molar-refractivity contribution is 0.0238. The molecule has 3 aromatic rings. The Bertz CT molecular complexity index is 1150. The number of β-amino-alcohol motifs (C(OH)–C–C–N with tert-alkyl or cyclic N) is 1. The van der Waals surface area contributed by atoms with Crippen LogP contribution in [0.1, 0.15) is 54.7 Å². The number of hydrogen-bond donors (Lipinski definition) is 1. The second-order valence-corrected chi connectivity index (χ2v) is 9.77. The van der Waals surface area contributed by atoms with E-state index in [0.29, 0.717) is 24.8 Å². The second kappa shape index (κ2) is 10.3. The van der Waals surface area contributed by atoms with Gasteiger partial charge in [0.2, 0.25) is 0 Å². The molecule has 2 saturated heterocycles. The van der Waals surface area contributed by atoms with Gasteiger partial charge in [-0.25, -0.2) is 9.37 Å². The molecule has 2 aromatic carbocycles. The molecule has 0 bridgehead atoms. The van der Waals surface area contributed by atoms with E-state index in [1.54, 1.807) is 24.7 Å². The first-order valence-corrected chi connectivity index (χ1v) is 12.6. The van der Waals surface area contributed by atoms with Crippen LogP contribution in [0.25, 0.3) is 11.1 Å². The van der Waals surface area contributed by atoms with E-state index in [-0.39, 0.29) is 23.9 Å². The highest BCUT2D eigenvalue weighted by Gasteiger charge is 2.31. The Morgan fingerprint density at radius 3 is 2.54 bits per heavy atom. The van der Waals surface area contributed by atoms with E-state index >= 15 is 0 Å². The van der Waals surface area contributed by atoms with Gasteiger partial charge in [0.1, 0.15) is 11.5 Å². The Morgan fingerprint density at radius 2 is 1.80 bits per heavy atom. The summed E-state index contributed by atoms with van der Waals surface area (Å²) in [6, 6.07) is 14.9. The summed E-state index contributed by atoms with van der Waals surface area (Å²) in [5.41, 5.74) is 3.58. The Balaban J connectivity index is 1.31. The quantitative estimate of drug-likeness (QED) is 0.595. The van der Waals surface area contributed by atoms with Gasteiger partial charge in [0.25, 0.3) is 5.91 Å². The molecule has 184 valence electrons. The number of aliphatic hydroxyl groups excluding tert-OH is 1. The second-order valence-electron chi connectivity index (χ2n) is 9.77. The summed E-state index contributed by atoms with van der Waals surface area (Å²) in [5.74, 6) is -0.257. The normalized spacial score (nSPS) is 20.7. The van der Waals surface area contributed by atoms with Gasteiger partial charge in [0.15, 0.2) is 0 Å². The standard InChI is InChI=1S/C28H33FN4O2/c1-20(25-6-2-3-7-26(25)21-8-10-22(29)11-9-21)33-19-30-17-27(33)28(35)31-15-12-23(13-16-31)32-14-4-5-24(34)18-32/h2-3,6-11,17,19-20,23-24,34H,4-5,12-16,18H2,1H3/t20-,24?/m0/s1. The topological polar surface area (TPSA) is 61.6 Å². The molecule has 7 heteroatoms. The first-order valence-electron chi connectivity index (χ1n) is 12.6. The number of likely N-dealkylation sites (tertiary alicyclic amines) is 2. The average Bonchev–Trinajstić information content (AvgIpc) is 3.38. The highest BCUT2D eigenvalue weighted by Crippen LogP contribution is 2.31.